The number of nitrogens with zero attached hydrogens (tertiary/aromatic N) is 2. The summed E-state index contributed by atoms with van der Waals surface area (Å²) in [5, 5.41) is 8.33. The highest BCUT2D eigenvalue weighted by Gasteiger charge is 2.25. The van der Waals surface area contributed by atoms with Gasteiger partial charge in [-0.3, -0.25) is 4.48 Å². The molecule has 3 aromatic carbocycles. The van der Waals surface area contributed by atoms with E-state index in [1.807, 2.05) is 14.1 Å². The van der Waals surface area contributed by atoms with E-state index in [9.17, 15) is 13.2 Å². The number of nitrogens with two attached hydrogens (primary N) is 1. The Bertz CT molecular complexity index is 1660. The number of hydrogen-bond acceptors (Lipinski definition) is 7. The fraction of sp³-hybridized carbons (Fsp3) is 0.281. The van der Waals surface area contributed by atoms with Gasteiger partial charge in [-0.15, -0.1) is 0 Å². The van der Waals surface area contributed by atoms with Crippen molar-refractivity contribution in [3.05, 3.63) is 107 Å². The molecule has 44 heavy (non-hydrogen) atoms. The van der Waals surface area contributed by atoms with Gasteiger partial charge >= 0.3 is 5.97 Å². The first-order valence-corrected chi connectivity index (χ1v) is 16.0. The molecule has 0 bridgehead atoms. The van der Waals surface area contributed by atoms with Crippen LogP contribution in [0.15, 0.2) is 88.4 Å². The van der Waals surface area contributed by atoms with Gasteiger partial charge in [-0.05, 0) is 60.4 Å². The molecule has 1 aliphatic rings. The van der Waals surface area contributed by atoms with Gasteiger partial charge in [0.25, 0.3) is 0 Å². The largest absolute Gasteiger partial charge is 1.00 e. The lowest BCUT2D eigenvalue weighted by Crippen LogP contribution is -3.00. The predicted octanol–water partition coefficient (Wildman–Crippen LogP) is 2.71. The molecule has 12 heteroatoms. The summed E-state index contributed by atoms with van der Waals surface area (Å²) in [4.78, 5) is 15.4. The molecule has 0 saturated carbocycles. The molecule has 0 aliphatic carbocycles. The first-order valence-electron chi connectivity index (χ1n) is 14.1. The van der Waals surface area contributed by atoms with Crippen molar-refractivity contribution < 1.29 is 39.3 Å². The number of ether oxygens (including phenoxy) is 1. The maximum absolute atomic E-state index is 13.3. The summed E-state index contributed by atoms with van der Waals surface area (Å²) in [5.74, 6) is -0.0662. The third-order valence-electron chi connectivity index (χ3n) is 7.55. The van der Waals surface area contributed by atoms with Gasteiger partial charge in [-0.1, -0.05) is 48.0 Å². The number of carbonyl (C=O) groups is 1. The number of halogens is 2. The van der Waals surface area contributed by atoms with Crippen LogP contribution in [0.5, 0.6) is 0 Å². The number of carbonyl (C=O) groups excluding carboxylic acids is 1. The molecule has 4 aromatic rings. The number of primary sulfonamides is 1. The van der Waals surface area contributed by atoms with Crippen LogP contribution in [0.3, 0.4) is 0 Å². The molecule has 0 radical (unpaired) electrons. The van der Waals surface area contributed by atoms with Crippen molar-refractivity contribution in [2.24, 2.45) is 5.14 Å². The number of sulfonamides is 1. The Hall–Kier alpha value is -3.54. The quantitative estimate of drug-likeness (QED) is 0.145. The zero-order valence-corrected chi connectivity index (χ0v) is 27.0. The molecular formula is C32H36Cl2N4O5S. The highest BCUT2D eigenvalue weighted by molar-refractivity contribution is 7.89. The molecule has 3 N–H and O–H groups in total. The molecule has 0 fully saturated rings. The van der Waals surface area contributed by atoms with Crippen LogP contribution in [-0.4, -0.2) is 52.8 Å². The van der Waals surface area contributed by atoms with E-state index in [-0.39, 0.29) is 41.2 Å². The van der Waals surface area contributed by atoms with Gasteiger partial charge in [0.2, 0.25) is 16.8 Å². The molecule has 0 atom stereocenters. The summed E-state index contributed by atoms with van der Waals surface area (Å²) < 4.78 is 35.7. The average molecular weight is 660 g/mol. The molecule has 2 heterocycles. The number of benzene rings is 3. The van der Waals surface area contributed by atoms with Crippen molar-refractivity contribution in [3.63, 3.8) is 0 Å². The molecule has 0 saturated heterocycles. The molecule has 234 valence electrons. The maximum atomic E-state index is 13.3. The summed E-state index contributed by atoms with van der Waals surface area (Å²) in [6.45, 7) is 1.87. The number of aryl methyl sites for hydroxylation is 2. The average Bonchev–Trinajstić information content (AvgIpc) is 3.44. The van der Waals surface area contributed by atoms with Gasteiger partial charge in [0, 0.05) is 24.3 Å². The molecule has 5 rings (SSSR count). The van der Waals surface area contributed by atoms with Crippen molar-refractivity contribution in [2.45, 2.75) is 30.7 Å². The van der Waals surface area contributed by atoms with Crippen LogP contribution in [0.1, 0.15) is 33.7 Å². The number of furan rings is 1. The van der Waals surface area contributed by atoms with E-state index >= 15 is 0 Å². The number of esters is 1. The topological polar surface area (TPSA) is 115 Å². The molecular weight excluding hydrogens is 623 g/mol. The number of hydrogen-bond donors (Lipinski definition) is 2. The zero-order chi connectivity index (χ0) is 30.6. The summed E-state index contributed by atoms with van der Waals surface area (Å²) in [5.41, 5.74) is 5.44. The summed E-state index contributed by atoms with van der Waals surface area (Å²) in [7, 11) is -0.187. The summed E-state index contributed by atoms with van der Waals surface area (Å²) >= 11 is 6.21. The van der Waals surface area contributed by atoms with Crippen LogP contribution in [0.25, 0.3) is 0 Å². The first-order chi connectivity index (χ1) is 20.5. The summed E-state index contributed by atoms with van der Waals surface area (Å²) in [6, 6.07) is 23.1. The Morgan fingerprint density at radius 3 is 2.25 bits per heavy atom. The Labute approximate surface area is 269 Å². The van der Waals surface area contributed by atoms with Crippen LogP contribution >= 0.6 is 11.6 Å². The van der Waals surface area contributed by atoms with Crippen LogP contribution in [0.4, 0.5) is 17.1 Å². The van der Waals surface area contributed by atoms with Gasteiger partial charge < -0.3 is 31.8 Å². The fourth-order valence-corrected chi connectivity index (χ4v) is 6.42. The predicted molar refractivity (Wildman–Crippen MR) is 168 cm³/mol. The van der Waals surface area contributed by atoms with Gasteiger partial charge in [-0.25, -0.2) is 18.4 Å². The van der Waals surface area contributed by atoms with Crippen molar-refractivity contribution >= 4 is 44.7 Å². The number of para-hydroxylation sites is 2. The van der Waals surface area contributed by atoms with E-state index in [2.05, 4.69) is 58.7 Å². The molecule has 9 nitrogen and oxygen atoms in total. The van der Waals surface area contributed by atoms with E-state index in [0.29, 0.717) is 15.9 Å². The third kappa shape index (κ3) is 7.94. The van der Waals surface area contributed by atoms with Crippen LogP contribution in [-0.2, 0) is 34.1 Å². The molecule has 0 spiro atoms. The number of fused-ring (bicyclic) bond motifs is 2. The smallest absolute Gasteiger partial charge is 0.344 e. The SMILES string of the molecule is C[N+](C)(CCCN1c2ccccc2CCc2ccccc21)COC(=O)c1cc(S(N)(=O)=O)c(Cl)cc1NCc1ccco1.[Cl-]. The standard InChI is InChI=1S/C32H35ClN4O5S.ClH/c1-37(2,17-8-16-36-29-12-5-3-9-23(29)14-15-24-10-4-6-13-30(24)36)22-42-32(38)26-19-31(43(34,39)40)27(33)20-28(26)35-21-25-11-7-18-41-25;/h3-7,9-13,18-20H,8,14-17,21-22H2,1-2H3,(H2-,34,35,38,39,40);1H. The highest BCUT2D eigenvalue weighted by Crippen LogP contribution is 2.36. The van der Waals surface area contributed by atoms with E-state index in [1.165, 1.54) is 34.8 Å². The van der Waals surface area contributed by atoms with Crippen LogP contribution in [0, 0.1) is 0 Å². The van der Waals surface area contributed by atoms with E-state index in [0.717, 1.165) is 38.4 Å². The number of rotatable bonds is 11. The molecule has 1 aliphatic heterocycles. The third-order valence-corrected chi connectivity index (χ3v) is 8.93. The number of anilines is 3. The highest BCUT2D eigenvalue weighted by atomic mass is 35.5. The van der Waals surface area contributed by atoms with Gasteiger partial charge in [0.15, 0.2) is 0 Å². The van der Waals surface area contributed by atoms with Crippen molar-refractivity contribution in [3.8, 4) is 0 Å². The fourth-order valence-electron chi connectivity index (χ4n) is 5.33. The number of nitrogens with one attached hydrogen (secondary N) is 1. The second kappa shape index (κ2) is 14.0. The normalized spacial score (nSPS) is 12.9. The van der Waals surface area contributed by atoms with Crippen molar-refractivity contribution in [1.82, 2.24) is 0 Å². The lowest BCUT2D eigenvalue weighted by Gasteiger charge is -2.31. The van der Waals surface area contributed by atoms with Crippen LogP contribution < -0.4 is 27.8 Å². The summed E-state index contributed by atoms with van der Waals surface area (Å²) in [6.07, 6.45) is 4.38. The van der Waals surface area contributed by atoms with E-state index in [4.69, 9.17) is 25.9 Å². The van der Waals surface area contributed by atoms with Crippen molar-refractivity contribution in [2.75, 3.05) is 44.1 Å². The Morgan fingerprint density at radius 1 is 1.02 bits per heavy atom. The molecule has 1 aromatic heterocycles. The molecule has 0 unspecified atom stereocenters. The Kier molecular flexibility index (Phi) is 10.6. The second-order valence-corrected chi connectivity index (χ2v) is 13.2. The zero-order valence-electron chi connectivity index (χ0n) is 24.6. The minimum Gasteiger partial charge on any atom is -1.00 e. The van der Waals surface area contributed by atoms with Gasteiger partial charge in [0.1, 0.15) is 10.7 Å². The lowest BCUT2D eigenvalue weighted by molar-refractivity contribution is -0.907. The maximum Gasteiger partial charge on any atom is 0.344 e. The lowest BCUT2D eigenvalue weighted by atomic mass is 10.0. The van der Waals surface area contributed by atoms with E-state index < -0.39 is 16.0 Å². The van der Waals surface area contributed by atoms with E-state index in [1.54, 1.807) is 12.1 Å². The minimum absolute atomic E-state index is 0. The van der Waals surface area contributed by atoms with Crippen LogP contribution in [0.2, 0.25) is 5.02 Å². The minimum atomic E-state index is -4.17. The van der Waals surface area contributed by atoms with Gasteiger partial charge in [-0.2, -0.15) is 0 Å². The van der Waals surface area contributed by atoms with Gasteiger partial charge in [0.05, 0.1) is 49.7 Å². The second-order valence-electron chi connectivity index (χ2n) is 11.3. The Morgan fingerprint density at radius 2 is 1.66 bits per heavy atom. The first kappa shape index (κ1) is 33.4. The number of quaternary nitrogens is 1. The van der Waals surface area contributed by atoms with Crippen molar-refractivity contribution in [1.29, 1.82) is 0 Å². The monoisotopic (exact) mass is 658 g/mol. The Balaban J connectivity index is 0.00000442. The molecule has 0 amide bonds.